The van der Waals surface area contributed by atoms with Crippen molar-refractivity contribution in [3.05, 3.63) is 24.3 Å². The van der Waals surface area contributed by atoms with Crippen LogP contribution in [0.1, 0.15) is 71.1 Å². The van der Waals surface area contributed by atoms with Gasteiger partial charge in [-0.1, -0.05) is 50.2 Å². The van der Waals surface area contributed by atoms with E-state index in [0.29, 0.717) is 5.92 Å². The first-order chi connectivity index (χ1) is 11.6. The van der Waals surface area contributed by atoms with Gasteiger partial charge in [0.05, 0.1) is 6.10 Å². The van der Waals surface area contributed by atoms with Gasteiger partial charge in [-0.2, -0.15) is 0 Å². The molecule has 0 saturated heterocycles. The maximum atomic E-state index is 10.4. The predicted octanol–water partition coefficient (Wildman–Crippen LogP) is 4.71. The van der Waals surface area contributed by atoms with Crippen molar-refractivity contribution in [3.63, 3.8) is 0 Å². The molecule has 1 aliphatic rings. The summed E-state index contributed by atoms with van der Waals surface area (Å²) >= 11 is 0. The van der Waals surface area contributed by atoms with Gasteiger partial charge in [0.15, 0.2) is 0 Å². The van der Waals surface area contributed by atoms with E-state index in [1.165, 1.54) is 19.3 Å². The highest BCUT2D eigenvalue weighted by Crippen LogP contribution is 2.43. The summed E-state index contributed by atoms with van der Waals surface area (Å²) < 4.78 is 0. The van der Waals surface area contributed by atoms with Gasteiger partial charge in [0, 0.05) is 12.8 Å². The Bertz CT molecular complexity index is 467. The van der Waals surface area contributed by atoms with Crippen LogP contribution in [0.2, 0.25) is 0 Å². The summed E-state index contributed by atoms with van der Waals surface area (Å²) in [5.74, 6) is 6.96. The van der Waals surface area contributed by atoms with E-state index in [0.717, 1.165) is 44.4 Å². The lowest BCUT2D eigenvalue weighted by Crippen LogP contribution is -2.00. The van der Waals surface area contributed by atoms with Gasteiger partial charge >= 0.3 is 5.97 Å². The molecule has 1 rings (SSSR count). The molecule has 134 valence electrons. The lowest BCUT2D eigenvalue weighted by molar-refractivity contribution is -0.137. The number of hydrogen-bond donors (Lipinski definition) is 2. The Labute approximate surface area is 146 Å². The summed E-state index contributed by atoms with van der Waals surface area (Å²) in [6.07, 6.45) is 16.9. The van der Waals surface area contributed by atoms with Gasteiger partial charge in [0.25, 0.3) is 0 Å². The van der Waals surface area contributed by atoms with Gasteiger partial charge in [0.2, 0.25) is 0 Å². The molecule has 3 atom stereocenters. The van der Waals surface area contributed by atoms with Gasteiger partial charge in [-0.05, 0) is 56.1 Å². The monoisotopic (exact) mass is 332 g/mol. The largest absolute Gasteiger partial charge is 0.481 e. The van der Waals surface area contributed by atoms with Crippen molar-refractivity contribution in [1.29, 1.82) is 0 Å². The lowest BCUT2D eigenvalue weighted by atomic mass is 10.1. The van der Waals surface area contributed by atoms with E-state index in [1.807, 2.05) is 0 Å². The fraction of sp³-hybridized carbons (Fsp3) is 0.667. The average Bonchev–Trinajstić information content (AvgIpc) is 3.29. The molecule has 3 nitrogen and oxygen atoms in total. The van der Waals surface area contributed by atoms with Crippen molar-refractivity contribution in [3.8, 4) is 11.8 Å². The number of unbranched alkanes of at least 4 members (excludes halogenated alkanes) is 3. The minimum atomic E-state index is -0.716. The second-order valence-corrected chi connectivity index (χ2v) is 6.70. The molecular weight excluding hydrogens is 300 g/mol. The van der Waals surface area contributed by atoms with E-state index in [-0.39, 0.29) is 12.5 Å². The molecule has 0 spiro atoms. The maximum Gasteiger partial charge on any atom is 0.303 e. The Morgan fingerprint density at radius 1 is 1.25 bits per heavy atom. The molecule has 3 heteroatoms. The molecule has 0 aromatic rings. The molecule has 0 bridgehead atoms. The second kappa shape index (κ2) is 12.8. The summed E-state index contributed by atoms with van der Waals surface area (Å²) in [5.41, 5.74) is 0. The lowest BCUT2D eigenvalue weighted by Gasteiger charge is -2.02. The van der Waals surface area contributed by atoms with Gasteiger partial charge in [-0.15, -0.1) is 0 Å². The zero-order chi connectivity index (χ0) is 17.6. The van der Waals surface area contributed by atoms with E-state index >= 15 is 0 Å². The van der Waals surface area contributed by atoms with Gasteiger partial charge < -0.3 is 10.2 Å². The summed E-state index contributed by atoms with van der Waals surface area (Å²) in [5, 5.41) is 18.3. The van der Waals surface area contributed by atoms with Crippen LogP contribution in [0, 0.1) is 23.7 Å². The Hall–Kier alpha value is -1.53. The van der Waals surface area contributed by atoms with E-state index in [4.69, 9.17) is 5.11 Å². The van der Waals surface area contributed by atoms with Crippen LogP contribution in [0.25, 0.3) is 0 Å². The van der Waals surface area contributed by atoms with E-state index in [9.17, 15) is 9.90 Å². The molecule has 1 unspecified atom stereocenters. The van der Waals surface area contributed by atoms with E-state index < -0.39 is 5.97 Å². The molecular formula is C21H32O3. The van der Waals surface area contributed by atoms with Crippen molar-refractivity contribution in [2.75, 3.05) is 0 Å². The zero-order valence-corrected chi connectivity index (χ0v) is 14.9. The average molecular weight is 332 g/mol. The maximum absolute atomic E-state index is 10.4. The van der Waals surface area contributed by atoms with Crippen molar-refractivity contribution in [1.82, 2.24) is 0 Å². The zero-order valence-electron chi connectivity index (χ0n) is 14.9. The topological polar surface area (TPSA) is 57.5 Å². The van der Waals surface area contributed by atoms with Gasteiger partial charge in [-0.25, -0.2) is 0 Å². The van der Waals surface area contributed by atoms with Crippen LogP contribution in [-0.2, 0) is 4.79 Å². The molecule has 1 saturated carbocycles. The van der Waals surface area contributed by atoms with Crippen molar-refractivity contribution in [2.24, 2.45) is 11.8 Å². The first-order valence-electron chi connectivity index (χ1n) is 9.33. The predicted molar refractivity (Wildman–Crippen MR) is 98.5 cm³/mol. The highest BCUT2D eigenvalue weighted by Gasteiger charge is 2.34. The molecule has 0 aromatic carbocycles. The smallest absolute Gasteiger partial charge is 0.303 e. The highest BCUT2D eigenvalue weighted by molar-refractivity contribution is 5.66. The fourth-order valence-corrected chi connectivity index (χ4v) is 2.72. The van der Waals surface area contributed by atoms with Gasteiger partial charge in [0.1, 0.15) is 0 Å². The van der Waals surface area contributed by atoms with Crippen molar-refractivity contribution < 1.29 is 15.0 Å². The second-order valence-electron chi connectivity index (χ2n) is 6.70. The number of carboxylic acids is 1. The fourth-order valence-electron chi connectivity index (χ4n) is 2.72. The normalized spacial score (nSPS) is 20.9. The number of carboxylic acid groups (broad SMARTS) is 1. The van der Waals surface area contributed by atoms with Crippen LogP contribution in [0.4, 0.5) is 0 Å². The SMILES string of the molecule is CCCCCC(O)/C=C/C#CC[C@H]1C[C@@H]1C/C=C\CCCC(=O)O. The molecule has 1 aliphatic carbocycles. The van der Waals surface area contributed by atoms with Crippen molar-refractivity contribution >= 4 is 5.97 Å². The summed E-state index contributed by atoms with van der Waals surface area (Å²) in [6.45, 7) is 2.16. The minimum Gasteiger partial charge on any atom is -0.481 e. The summed E-state index contributed by atoms with van der Waals surface area (Å²) in [6, 6.07) is 0. The Balaban J connectivity index is 2.04. The number of allylic oxidation sites excluding steroid dienone is 3. The number of aliphatic hydroxyl groups excluding tert-OH is 1. The Kier molecular flexibility index (Phi) is 11.0. The quantitative estimate of drug-likeness (QED) is 0.309. The minimum absolute atomic E-state index is 0.257. The summed E-state index contributed by atoms with van der Waals surface area (Å²) in [4.78, 5) is 10.4. The number of aliphatic carboxylic acids is 1. The van der Waals surface area contributed by atoms with Crippen LogP contribution < -0.4 is 0 Å². The number of rotatable bonds is 12. The first-order valence-corrected chi connectivity index (χ1v) is 9.33. The number of hydrogen-bond acceptors (Lipinski definition) is 2. The van der Waals surface area contributed by atoms with Crippen LogP contribution >= 0.6 is 0 Å². The third kappa shape index (κ3) is 11.1. The van der Waals surface area contributed by atoms with E-state index in [2.05, 4.69) is 30.9 Å². The number of aliphatic hydroxyl groups is 1. The third-order valence-corrected chi connectivity index (χ3v) is 4.41. The Morgan fingerprint density at radius 3 is 2.83 bits per heavy atom. The summed E-state index contributed by atoms with van der Waals surface area (Å²) in [7, 11) is 0. The number of carbonyl (C=O) groups is 1. The molecule has 1 fully saturated rings. The van der Waals surface area contributed by atoms with Crippen LogP contribution in [0.5, 0.6) is 0 Å². The molecule has 0 heterocycles. The van der Waals surface area contributed by atoms with E-state index in [1.54, 1.807) is 12.2 Å². The van der Waals surface area contributed by atoms with Crippen LogP contribution in [0.15, 0.2) is 24.3 Å². The van der Waals surface area contributed by atoms with Gasteiger partial charge in [-0.3, -0.25) is 4.79 Å². The first kappa shape index (κ1) is 20.5. The highest BCUT2D eigenvalue weighted by atomic mass is 16.4. The Morgan fingerprint density at radius 2 is 2.08 bits per heavy atom. The molecule has 0 aliphatic heterocycles. The molecule has 0 radical (unpaired) electrons. The standard InChI is InChI=1S/C21H32O3/c1-2-3-7-14-20(22)15-10-6-9-13-19-17-18(19)12-8-4-5-11-16-21(23)24/h4,8,10,15,18-20,22H,2-3,5,7,11-14,16-17H2,1H3,(H,23,24)/b8-4-,15-10+/t18-,19-,20?/m0/s1. The molecule has 24 heavy (non-hydrogen) atoms. The van der Waals surface area contributed by atoms with Crippen LogP contribution in [-0.4, -0.2) is 22.3 Å². The third-order valence-electron chi connectivity index (χ3n) is 4.41. The molecule has 0 aromatic heterocycles. The van der Waals surface area contributed by atoms with Crippen LogP contribution in [0.3, 0.4) is 0 Å². The van der Waals surface area contributed by atoms with Crippen molar-refractivity contribution in [2.45, 2.75) is 77.2 Å². The molecule has 2 N–H and O–H groups in total. The molecule has 0 amide bonds.